The predicted molar refractivity (Wildman–Crippen MR) is 132 cm³/mol. The van der Waals surface area contributed by atoms with Crippen LogP contribution >= 0.6 is 0 Å². The maximum atomic E-state index is 11.3. The minimum Gasteiger partial charge on any atom is -0.478 e. The average molecular weight is 441 g/mol. The molecule has 0 radical (unpaired) electrons. The zero-order chi connectivity index (χ0) is 22.7. The fourth-order valence-electron chi connectivity index (χ4n) is 7.74. The summed E-state index contributed by atoms with van der Waals surface area (Å²) >= 11 is 0. The molecule has 4 bridgehead atoms. The van der Waals surface area contributed by atoms with Crippen LogP contribution in [0.3, 0.4) is 0 Å². The fourth-order valence-corrected chi connectivity index (χ4v) is 7.74. The van der Waals surface area contributed by atoms with Crippen molar-refractivity contribution in [2.75, 3.05) is 0 Å². The number of carboxylic acid groups (broad SMARTS) is 1. The monoisotopic (exact) mass is 440 g/mol. The van der Waals surface area contributed by atoms with Crippen molar-refractivity contribution in [3.8, 4) is 11.1 Å². The fraction of sp³-hybridized carbons (Fsp3) is 0.433. The smallest absolute Gasteiger partial charge is 0.335 e. The lowest BCUT2D eigenvalue weighted by Gasteiger charge is -2.57. The number of carbonyl (C=O) groups is 1. The van der Waals surface area contributed by atoms with E-state index in [1.165, 1.54) is 60.8 Å². The Kier molecular flexibility index (Phi) is 4.88. The highest BCUT2D eigenvalue weighted by molar-refractivity contribution is 5.95. The van der Waals surface area contributed by atoms with Crippen molar-refractivity contribution in [2.45, 2.75) is 63.4 Å². The minimum absolute atomic E-state index is 0.280. The molecule has 0 saturated heterocycles. The van der Waals surface area contributed by atoms with E-state index in [0.717, 1.165) is 28.5 Å². The lowest BCUT2D eigenvalue weighted by Crippen LogP contribution is -2.49. The van der Waals surface area contributed by atoms with Gasteiger partial charge in [-0.1, -0.05) is 36.4 Å². The number of aliphatic hydroxyl groups excluding tert-OH is 1. The third-order valence-corrected chi connectivity index (χ3v) is 8.66. The Hall–Kier alpha value is -2.65. The summed E-state index contributed by atoms with van der Waals surface area (Å²) < 4.78 is 0. The van der Waals surface area contributed by atoms with Crippen molar-refractivity contribution >= 4 is 16.7 Å². The van der Waals surface area contributed by atoms with Gasteiger partial charge in [0, 0.05) is 0 Å². The van der Waals surface area contributed by atoms with Gasteiger partial charge in [0.15, 0.2) is 0 Å². The Balaban J connectivity index is 1.44. The molecule has 1 atom stereocenters. The van der Waals surface area contributed by atoms with E-state index >= 15 is 0 Å². The van der Waals surface area contributed by atoms with Gasteiger partial charge in [-0.05, 0) is 126 Å². The van der Waals surface area contributed by atoms with Gasteiger partial charge in [-0.15, -0.1) is 0 Å². The molecule has 7 rings (SSSR count). The molecule has 170 valence electrons. The van der Waals surface area contributed by atoms with E-state index in [9.17, 15) is 15.0 Å². The lowest BCUT2D eigenvalue weighted by atomic mass is 9.47. The average Bonchev–Trinajstić information content (AvgIpc) is 2.77. The second-order valence-corrected chi connectivity index (χ2v) is 11.2. The van der Waals surface area contributed by atoms with Gasteiger partial charge in [0.25, 0.3) is 0 Å². The van der Waals surface area contributed by atoms with Crippen molar-refractivity contribution in [1.29, 1.82) is 0 Å². The van der Waals surface area contributed by atoms with Crippen LogP contribution in [0, 0.1) is 17.8 Å². The van der Waals surface area contributed by atoms with Crippen LogP contribution in [0.25, 0.3) is 21.9 Å². The summed E-state index contributed by atoms with van der Waals surface area (Å²) in [5.74, 6) is 1.74. The van der Waals surface area contributed by atoms with Gasteiger partial charge >= 0.3 is 5.97 Å². The van der Waals surface area contributed by atoms with Crippen LogP contribution in [0.2, 0.25) is 0 Å². The molecule has 4 saturated carbocycles. The van der Waals surface area contributed by atoms with Crippen molar-refractivity contribution in [1.82, 2.24) is 0 Å². The van der Waals surface area contributed by atoms with Crippen LogP contribution in [0.15, 0.2) is 54.6 Å². The third-order valence-electron chi connectivity index (χ3n) is 8.66. The zero-order valence-corrected chi connectivity index (χ0v) is 19.3. The Morgan fingerprint density at radius 2 is 1.45 bits per heavy atom. The van der Waals surface area contributed by atoms with Crippen LogP contribution in [-0.2, 0) is 11.8 Å². The van der Waals surface area contributed by atoms with E-state index in [1.54, 1.807) is 12.1 Å². The number of rotatable bonds is 5. The Bertz CT molecular complexity index is 1200. The molecule has 1 unspecified atom stereocenters. The Labute approximate surface area is 195 Å². The maximum absolute atomic E-state index is 11.3. The molecule has 0 amide bonds. The van der Waals surface area contributed by atoms with Gasteiger partial charge < -0.3 is 10.2 Å². The van der Waals surface area contributed by atoms with Gasteiger partial charge in [0.05, 0.1) is 11.7 Å². The normalized spacial score (nSPS) is 28.8. The largest absolute Gasteiger partial charge is 0.478 e. The standard InChI is InChI=1S/C30H32O3/c1-18(31)8-26-6-4-25(23-2-3-24-13-27(29(32)33)7-5-22(24)12-23)14-28(26)30-15-19-9-20(16-30)11-21(10-19)17-30/h2-7,12-14,18-21,31H,8-11,15-17H2,1H3,(H,32,33). The van der Waals surface area contributed by atoms with Crippen LogP contribution in [0.1, 0.15) is 66.9 Å². The first kappa shape index (κ1) is 20.9. The molecule has 3 aromatic carbocycles. The maximum Gasteiger partial charge on any atom is 0.335 e. The number of hydrogen-bond donors (Lipinski definition) is 2. The minimum atomic E-state index is -0.894. The highest BCUT2D eigenvalue weighted by Crippen LogP contribution is 2.61. The van der Waals surface area contributed by atoms with Crippen LogP contribution in [0.4, 0.5) is 0 Å². The number of benzene rings is 3. The van der Waals surface area contributed by atoms with Crippen molar-refractivity contribution in [3.05, 3.63) is 71.3 Å². The molecular weight excluding hydrogens is 408 g/mol. The van der Waals surface area contributed by atoms with E-state index in [2.05, 4.69) is 30.3 Å². The Morgan fingerprint density at radius 3 is 2.09 bits per heavy atom. The topological polar surface area (TPSA) is 57.5 Å². The molecule has 0 spiro atoms. The number of aliphatic hydroxyl groups is 1. The van der Waals surface area contributed by atoms with E-state index in [-0.39, 0.29) is 11.5 Å². The summed E-state index contributed by atoms with van der Waals surface area (Å²) in [7, 11) is 0. The zero-order valence-electron chi connectivity index (χ0n) is 19.3. The van der Waals surface area contributed by atoms with Gasteiger partial charge in [0.1, 0.15) is 0 Å². The van der Waals surface area contributed by atoms with Crippen molar-refractivity contribution in [3.63, 3.8) is 0 Å². The first-order valence-electron chi connectivity index (χ1n) is 12.5. The first-order valence-corrected chi connectivity index (χ1v) is 12.5. The molecule has 4 aliphatic carbocycles. The second-order valence-electron chi connectivity index (χ2n) is 11.2. The van der Waals surface area contributed by atoms with Gasteiger partial charge in [-0.2, -0.15) is 0 Å². The summed E-state index contributed by atoms with van der Waals surface area (Å²) in [4.78, 5) is 11.3. The molecule has 33 heavy (non-hydrogen) atoms. The lowest BCUT2D eigenvalue weighted by molar-refractivity contribution is -0.00572. The quantitative estimate of drug-likeness (QED) is 0.470. The third kappa shape index (κ3) is 3.67. The molecule has 4 aliphatic rings. The summed E-state index contributed by atoms with van der Waals surface area (Å²) in [6.45, 7) is 1.89. The summed E-state index contributed by atoms with van der Waals surface area (Å²) in [5.41, 5.74) is 5.80. The number of aromatic carboxylic acids is 1. The molecule has 3 aromatic rings. The summed E-state index contributed by atoms with van der Waals surface area (Å²) in [5, 5.41) is 21.5. The number of carboxylic acids is 1. The predicted octanol–water partition coefficient (Wildman–Crippen LogP) is 6.60. The summed E-state index contributed by atoms with van der Waals surface area (Å²) in [6.07, 6.45) is 8.58. The molecule has 4 fully saturated rings. The molecule has 0 aromatic heterocycles. The highest BCUT2D eigenvalue weighted by atomic mass is 16.4. The molecule has 0 heterocycles. The Morgan fingerprint density at radius 1 is 0.879 bits per heavy atom. The molecule has 3 heteroatoms. The SMILES string of the molecule is CC(O)Cc1ccc(-c2ccc3cc(C(=O)O)ccc3c2)cc1C12CC3CC(CC(C3)C1)C2. The van der Waals surface area contributed by atoms with E-state index in [0.29, 0.717) is 12.0 Å². The van der Waals surface area contributed by atoms with E-state index in [4.69, 9.17) is 0 Å². The van der Waals surface area contributed by atoms with Crippen LogP contribution < -0.4 is 0 Å². The molecule has 3 nitrogen and oxygen atoms in total. The molecule has 2 N–H and O–H groups in total. The van der Waals surface area contributed by atoms with Gasteiger partial charge in [-0.25, -0.2) is 4.79 Å². The number of hydrogen-bond acceptors (Lipinski definition) is 2. The number of fused-ring (bicyclic) bond motifs is 1. The highest BCUT2D eigenvalue weighted by Gasteiger charge is 2.52. The van der Waals surface area contributed by atoms with E-state index < -0.39 is 5.97 Å². The van der Waals surface area contributed by atoms with E-state index in [1.807, 2.05) is 19.1 Å². The molecular formula is C30H32O3. The first-order chi connectivity index (χ1) is 15.9. The second kappa shape index (κ2) is 7.70. The summed E-state index contributed by atoms with van der Waals surface area (Å²) in [6, 6.07) is 18.5. The van der Waals surface area contributed by atoms with Crippen molar-refractivity contribution < 1.29 is 15.0 Å². The van der Waals surface area contributed by atoms with Gasteiger partial charge in [0.2, 0.25) is 0 Å². The van der Waals surface area contributed by atoms with Gasteiger partial charge in [-0.3, -0.25) is 0 Å². The van der Waals surface area contributed by atoms with Crippen molar-refractivity contribution in [2.24, 2.45) is 17.8 Å². The molecule has 0 aliphatic heterocycles. The van der Waals surface area contributed by atoms with Crippen LogP contribution in [-0.4, -0.2) is 22.3 Å². The van der Waals surface area contributed by atoms with Crippen LogP contribution in [0.5, 0.6) is 0 Å².